The summed E-state index contributed by atoms with van der Waals surface area (Å²) in [6.45, 7) is 3.02. The minimum atomic E-state index is -0.436. The van der Waals surface area contributed by atoms with Crippen LogP contribution in [0.3, 0.4) is 0 Å². The summed E-state index contributed by atoms with van der Waals surface area (Å²) in [6, 6.07) is 18.3. The number of aromatic amines is 1. The number of likely N-dealkylation sites (tertiary alicyclic amines) is 1. The molecule has 2 heterocycles. The monoisotopic (exact) mass is 392 g/mol. The number of ether oxygens (including phenoxy) is 2. The molecule has 1 saturated carbocycles. The van der Waals surface area contributed by atoms with Gasteiger partial charge in [0.25, 0.3) is 0 Å². The van der Waals surface area contributed by atoms with E-state index in [1.54, 1.807) is 7.11 Å². The Morgan fingerprint density at radius 3 is 2.52 bits per heavy atom. The largest absolute Gasteiger partial charge is 0.493 e. The van der Waals surface area contributed by atoms with Crippen molar-refractivity contribution in [2.75, 3.05) is 20.2 Å². The molecule has 2 N–H and O–H groups in total. The summed E-state index contributed by atoms with van der Waals surface area (Å²) in [4.78, 5) is 6.05. The number of hydrogen-bond acceptors (Lipinski definition) is 4. The van der Waals surface area contributed by atoms with E-state index in [9.17, 15) is 5.11 Å². The van der Waals surface area contributed by atoms with Crippen LogP contribution in [0, 0.1) is 11.8 Å². The van der Waals surface area contributed by atoms with Crippen molar-refractivity contribution in [3.05, 3.63) is 60.3 Å². The smallest absolute Gasteiger partial charge is 0.161 e. The van der Waals surface area contributed by atoms with Gasteiger partial charge >= 0.3 is 0 Å². The van der Waals surface area contributed by atoms with Gasteiger partial charge in [-0.1, -0.05) is 30.3 Å². The number of H-pyrrole nitrogens is 1. The molecule has 5 heteroatoms. The average Bonchev–Trinajstić information content (AvgIpc) is 3.31. The van der Waals surface area contributed by atoms with Crippen molar-refractivity contribution in [3.63, 3.8) is 0 Å². The third-order valence-corrected chi connectivity index (χ3v) is 6.49. The van der Waals surface area contributed by atoms with Gasteiger partial charge in [0.15, 0.2) is 11.5 Å². The summed E-state index contributed by atoms with van der Waals surface area (Å²) >= 11 is 0. The molecule has 2 fully saturated rings. The highest BCUT2D eigenvalue weighted by Crippen LogP contribution is 2.39. The number of aromatic nitrogens is 1. The van der Waals surface area contributed by atoms with Gasteiger partial charge in [-0.2, -0.15) is 0 Å². The summed E-state index contributed by atoms with van der Waals surface area (Å²) in [7, 11) is 1.65. The molecule has 5 rings (SSSR count). The van der Waals surface area contributed by atoms with Gasteiger partial charge in [-0.25, -0.2) is 0 Å². The lowest BCUT2D eigenvalue weighted by molar-refractivity contribution is -0.0240. The molecule has 1 aliphatic carbocycles. The molecule has 1 aromatic heterocycles. The van der Waals surface area contributed by atoms with Gasteiger partial charge < -0.3 is 19.6 Å². The van der Waals surface area contributed by atoms with Crippen LogP contribution < -0.4 is 9.47 Å². The Hall–Kier alpha value is -2.50. The lowest BCUT2D eigenvalue weighted by atomic mass is 9.78. The number of aliphatic hydroxyl groups excluding tert-OH is 1. The molecule has 3 aromatic rings. The number of methoxy groups -OCH3 is 1. The Balaban J connectivity index is 1.25. The van der Waals surface area contributed by atoms with Crippen LogP contribution in [-0.4, -0.2) is 47.4 Å². The lowest BCUT2D eigenvalue weighted by Gasteiger charge is -2.35. The zero-order valence-corrected chi connectivity index (χ0v) is 16.8. The number of hydrogen-bond donors (Lipinski definition) is 2. The second-order valence-corrected chi connectivity index (χ2v) is 8.44. The third-order valence-electron chi connectivity index (χ3n) is 6.49. The Kier molecular flexibility index (Phi) is 4.94. The Labute approximate surface area is 171 Å². The van der Waals surface area contributed by atoms with Gasteiger partial charge in [-0.3, -0.25) is 4.90 Å². The van der Waals surface area contributed by atoms with Crippen LogP contribution >= 0.6 is 0 Å². The zero-order valence-electron chi connectivity index (χ0n) is 16.8. The number of fused-ring (bicyclic) bond motifs is 2. The van der Waals surface area contributed by atoms with E-state index in [2.05, 4.69) is 40.2 Å². The first-order valence-corrected chi connectivity index (χ1v) is 10.5. The molecule has 2 aromatic carbocycles. The fourth-order valence-corrected chi connectivity index (χ4v) is 5.08. The molecule has 4 atom stereocenters. The molecule has 0 bridgehead atoms. The molecule has 1 aliphatic heterocycles. The number of rotatable bonds is 5. The van der Waals surface area contributed by atoms with Gasteiger partial charge in [-0.15, -0.1) is 0 Å². The number of nitrogens with one attached hydrogen (secondary N) is 1. The molecule has 0 amide bonds. The van der Waals surface area contributed by atoms with Gasteiger partial charge in [0.2, 0.25) is 0 Å². The van der Waals surface area contributed by atoms with Crippen LogP contribution in [0.1, 0.15) is 18.5 Å². The van der Waals surface area contributed by atoms with Crippen molar-refractivity contribution in [2.45, 2.75) is 31.6 Å². The van der Waals surface area contributed by atoms with E-state index >= 15 is 0 Å². The van der Waals surface area contributed by atoms with Crippen molar-refractivity contribution in [1.29, 1.82) is 0 Å². The highest BCUT2D eigenvalue weighted by atomic mass is 16.5. The van der Waals surface area contributed by atoms with E-state index in [-0.39, 0.29) is 6.10 Å². The summed E-state index contributed by atoms with van der Waals surface area (Å²) in [6.07, 6.45) is 1.07. The number of benzene rings is 2. The SMILES string of the molecule is COc1ccccc1O[C@@H]1C[C@@H]2CN(Cc3cc4ccccc4[nH]3)C[C@@H]2C[C@H]1O. The molecule has 0 radical (unpaired) electrons. The van der Waals surface area contributed by atoms with Crippen LogP contribution in [0.25, 0.3) is 10.9 Å². The first-order valence-electron chi connectivity index (χ1n) is 10.5. The van der Waals surface area contributed by atoms with Gasteiger partial charge in [0.1, 0.15) is 6.10 Å². The highest BCUT2D eigenvalue weighted by Gasteiger charge is 2.42. The first-order chi connectivity index (χ1) is 14.2. The predicted molar refractivity (Wildman–Crippen MR) is 113 cm³/mol. The molecule has 0 unspecified atom stereocenters. The van der Waals surface area contributed by atoms with Gasteiger partial charge in [0, 0.05) is 30.8 Å². The quantitative estimate of drug-likeness (QED) is 0.693. The molecule has 2 aliphatic rings. The van der Waals surface area contributed by atoms with Crippen LogP contribution in [-0.2, 0) is 6.54 Å². The van der Waals surface area contributed by atoms with E-state index in [1.165, 1.54) is 16.6 Å². The van der Waals surface area contributed by atoms with Crippen LogP contribution in [0.15, 0.2) is 54.6 Å². The summed E-state index contributed by atoms with van der Waals surface area (Å²) in [5.41, 5.74) is 2.45. The van der Waals surface area contributed by atoms with Crippen molar-refractivity contribution in [1.82, 2.24) is 9.88 Å². The van der Waals surface area contributed by atoms with E-state index in [0.717, 1.165) is 32.5 Å². The van der Waals surface area contributed by atoms with Crippen molar-refractivity contribution in [3.8, 4) is 11.5 Å². The third kappa shape index (κ3) is 3.72. The van der Waals surface area contributed by atoms with Crippen molar-refractivity contribution in [2.24, 2.45) is 11.8 Å². The fraction of sp³-hybridized carbons (Fsp3) is 0.417. The molecule has 152 valence electrons. The summed E-state index contributed by atoms with van der Waals surface area (Å²) in [5, 5.41) is 12.0. The predicted octanol–water partition coefficient (Wildman–Crippen LogP) is 3.83. The fourth-order valence-electron chi connectivity index (χ4n) is 5.08. The Morgan fingerprint density at radius 1 is 1.00 bits per heavy atom. The second kappa shape index (κ2) is 7.73. The molecule has 29 heavy (non-hydrogen) atoms. The highest BCUT2D eigenvalue weighted by molar-refractivity contribution is 5.80. The molecule has 0 spiro atoms. The van der Waals surface area contributed by atoms with Crippen LogP contribution in [0.2, 0.25) is 0 Å². The van der Waals surface area contributed by atoms with Crippen LogP contribution in [0.5, 0.6) is 11.5 Å². The maximum atomic E-state index is 10.7. The summed E-state index contributed by atoms with van der Waals surface area (Å²) < 4.78 is 11.6. The van der Waals surface area contributed by atoms with E-state index in [4.69, 9.17) is 9.47 Å². The lowest BCUT2D eigenvalue weighted by Crippen LogP contribution is -2.42. The van der Waals surface area contributed by atoms with E-state index in [1.807, 2.05) is 24.3 Å². The minimum absolute atomic E-state index is 0.180. The number of nitrogens with zero attached hydrogens (tertiary/aromatic N) is 1. The minimum Gasteiger partial charge on any atom is -0.493 e. The van der Waals surface area contributed by atoms with Crippen LogP contribution in [0.4, 0.5) is 0 Å². The maximum Gasteiger partial charge on any atom is 0.161 e. The molecule has 1 saturated heterocycles. The molecular weight excluding hydrogens is 364 g/mol. The van der Waals surface area contributed by atoms with Gasteiger partial charge in [-0.05, 0) is 54.3 Å². The second-order valence-electron chi connectivity index (χ2n) is 8.44. The number of para-hydroxylation sites is 3. The summed E-state index contributed by atoms with van der Waals surface area (Å²) in [5.74, 6) is 2.52. The average molecular weight is 392 g/mol. The zero-order chi connectivity index (χ0) is 19.8. The van der Waals surface area contributed by atoms with E-state index in [0.29, 0.717) is 23.3 Å². The molecular formula is C24H28N2O3. The Bertz CT molecular complexity index is 952. The van der Waals surface area contributed by atoms with Crippen molar-refractivity contribution >= 4 is 10.9 Å². The van der Waals surface area contributed by atoms with E-state index < -0.39 is 6.10 Å². The Morgan fingerprint density at radius 2 is 1.72 bits per heavy atom. The number of aliphatic hydroxyl groups is 1. The topological polar surface area (TPSA) is 57.7 Å². The van der Waals surface area contributed by atoms with Crippen molar-refractivity contribution < 1.29 is 14.6 Å². The normalized spacial score (nSPS) is 27.1. The molecule has 5 nitrogen and oxygen atoms in total. The van der Waals surface area contributed by atoms with Gasteiger partial charge in [0.05, 0.1) is 13.2 Å². The first kappa shape index (κ1) is 18.5. The maximum absolute atomic E-state index is 10.7. The standard InChI is InChI=1S/C24H28N2O3/c1-28-22-8-4-5-9-23(22)29-24-12-18-14-26(13-17(18)11-21(24)27)15-19-10-16-6-2-3-7-20(16)25-19/h2-10,17-18,21,24-25,27H,11-15H2,1H3/t17-,18+,21+,24+/m0/s1.